The van der Waals surface area contributed by atoms with Crippen molar-refractivity contribution in [1.29, 1.82) is 0 Å². The first-order chi connectivity index (χ1) is 12.6. The molecule has 4 nitrogen and oxygen atoms in total. The van der Waals surface area contributed by atoms with E-state index in [-0.39, 0.29) is 5.69 Å². The van der Waals surface area contributed by atoms with Crippen LogP contribution in [0.4, 0.5) is 5.69 Å². The van der Waals surface area contributed by atoms with Crippen molar-refractivity contribution in [2.75, 3.05) is 0 Å². The highest BCUT2D eigenvalue weighted by Crippen LogP contribution is 2.34. The van der Waals surface area contributed by atoms with Gasteiger partial charge in [-0.3, -0.25) is 10.1 Å². The highest BCUT2D eigenvalue weighted by Gasteiger charge is 2.12. The SMILES string of the molecule is O=[N+]([O-])c1cccc(-c2cc(-c3ccccc3)c3cc(Cl)ccc3n2)c1. The molecule has 4 rings (SSSR count). The molecule has 0 spiro atoms. The Morgan fingerprint density at radius 3 is 2.38 bits per heavy atom. The molecular weight excluding hydrogens is 348 g/mol. The van der Waals surface area contributed by atoms with E-state index in [9.17, 15) is 10.1 Å². The maximum absolute atomic E-state index is 11.1. The van der Waals surface area contributed by atoms with Crippen molar-refractivity contribution in [2.24, 2.45) is 0 Å². The Balaban J connectivity index is 1.99. The van der Waals surface area contributed by atoms with E-state index >= 15 is 0 Å². The number of benzene rings is 3. The summed E-state index contributed by atoms with van der Waals surface area (Å²) < 4.78 is 0. The van der Waals surface area contributed by atoms with Crippen LogP contribution in [0.3, 0.4) is 0 Å². The number of non-ortho nitro benzene ring substituents is 1. The van der Waals surface area contributed by atoms with Crippen LogP contribution < -0.4 is 0 Å². The van der Waals surface area contributed by atoms with Gasteiger partial charge in [0.15, 0.2) is 0 Å². The van der Waals surface area contributed by atoms with Gasteiger partial charge in [0.25, 0.3) is 5.69 Å². The molecule has 0 fully saturated rings. The van der Waals surface area contributed by atoms with E-state index in [0.717, 1.165) is 22.0 Å². The van der Waals surface area contributed by atoms with Crippen LogP contribution in [0, 0.1) is 10.1 Å². The van der Waals surface area contributed by atoms with Crippen molar-refractivity contribution in [3.63, 3.8) is 0 Å². The van der Waals surface area contributed by atoms with Crippen LogP contribution in [-0.2, 0) is 0 Å². The van der Waals surface area contributed by atoms with Crippen molar-refractivity contribution < 1.29 is 4.92 Å². The standard InChI is InChI=1S/C21H13ClN2O2/c22-16-9-10-20-19(12-16)18(14-5-2-1-3-6-14)13-21(23-20)15-7-4-8-17(11-15)24(25)26/h1-13H. The number of hydrogen-bond acceptors (Lipinski definition) is 3. The lowest BCUT2D eigenvalue weighted by Gasteiger charge is -2.11. The fourth-order valence-electron chi connectivity index (χ4n) is 2.98. The molecule has 0 aliphatic rings. The number of nitro groups is 1. The smallest absolute Gasteiger partial charge is 0.258 e. The Hall–Kier alpha value is -3.24. The third kappa shape index (κ3) is 3.03. The molecule has 1 heterocycles. The average Bonchev–Trinajstić information content (AvgIpc) is 2.68. The third-order valence-electron chi connectivity index (χ3n) is 4.21. The van der Waals surface area contributed by atoms with Crippen molar-refractivity contribution in [2.45, 2.75) is 0 Å². The van der Waals surface area contributed by atoms with E-state index in [0.29, 0.717) is 16.3 Å². The summed E-state index contributed by atoms with van der Waals surface area (Å²) in [6, 6.07) is 24.0. The van der Waals surface area contributed by atoms with E-state index in [4.69, 9.17) is 16.6 Å². The summed E-state index contributed by atoms with van der Waals surface area (Å²) in [7, 11) is 0. The first kappa shape index (κ1) is 16.2. The van der Waals surface area contributed by atoms with Crippen LogP contribution in [0.2, 0.25) is 5.02 Å². The quantitative estimate of drug-likeness (QED) is 0.326. The van der Waals surface area contributed by atoms with Crippen molar-refractivity contribution in [3.05, 3.63) is 94.0 Å². The van der Waals surface area contributed by atoms with Crippen molar-refractivity contribution >= 4 is 28.2 Å². The summed E-state index contributed by atoms with van der Waals surface area (Å²) in [6.07, 6.45) is 0. The average molecular weight is 361 g/mol. The summed E-state index contributed by atoms with van der Waals surface area (Å²) in [5, 5.41) is 12.7. The van der Waals surface area contributed by atoms with Gasteiger partial charge in [0.1, 0.15) is 0 Å². The van der Waals surface area contributed by atoms with Gasteiger partial charge in [0.05, 0.1) is 16.1 Å². The molecule has 0 radical (unpaired) electrons. The lowest BCUT2D eigenvalue weighted by atomic mass is 9.98. The van der Waals surface area contributed by atoms with Gasteiger partial charge in [0, 0.05) is 28.1 Å². The topological polar surface area (TPSA) is 56.0 Å². The maximum Gasteiger partial charge on any atom is 0.270 e. The van der Waals surface area contributed by atoms with Crippen LogP contribution in [0.25, 0.3) is 33.3 Å². The van der Waals surface area contributed by atoms with Gasteiger partial charge in [-0.25, -0.2) is 4.98 Å². The number of pyridine rings is 1. The van der Waals surface area contributed by atoms with E-state index in [2.05, 4.69) is 0 Å². The van der Waals surface area contributed by atoms with Gasteiger partial charge in [-0.15, -0.1) is 0 Å². The van der Waals surface area contributed by atoms with Crippen LogP contribution in [-0.4, -0.2) is 9.91 Å². The molecule has 126 valence electrons. The number of nitrogens with zero attached hydrogens (tertiary/aromatic N) is 2. The molecule has 0 saturated carbocycles. The number of rotatable bonds is 3. The van der Waals surface area contributed by atoms with Gasteiger partial charge in [-0.1, -0.05) is 54.1 Å². The lowest BCUT2D eigenvalue weighted by Crippen LogP contribution is -1.92. The highest BCUT2D eigenvalue weighted by molar-refractivity contribution is 6.31. The number of nitro benzene ring substituents is 1. The Morgan fingerprint density at radius 1 is 0.846 bits per heavy atom. The molecule has 1 aromatic heterocycles. The first-order valence-corrected chi connectivity index (χ1v) is 8.40. The molecule has 0 bridgehead atoms. The summed E-state index contributed by atoms with van der Waals surface area (Å²) in [5.74, 6) is 0. The summed E-state index contributed by atoms with van der Waals surface area (Å²) >= 11 is 6.19. The molecule has 4 aromatic rings. The minimum Gasteiger partial charge on any atom is -0.258 e. The van der Waals surface area contributed by atoms with Crippen LogP contribution in [0.5, 0.6) is 0 Å². The van der Waals surface area contributed by atoms with E-state index in [1.54, 1.807) is 18.2 Å². The van der Waals surface area contributed by atoms with Crippen LogP contribution in [0.15, 0.2) is 78.9 Å². The molecule has 26 heavy (non-hydrogen) atoms. The van der Waals surface area contributed by atoms with Crippen LogP contribution >= 0.6 is 11.6 Å². The number of fused-ring (bicyclic) bond motifs is 1. The molecule has 0 saturated heterocycles. The van der Waals surface area contributed by atoms with Crippen molar-refractivity contribution in [3.8, 4) is 22.4 Å². The predicted octanol–water partition coefficient (Wildman–Crippen LogP) is 6.13. The molecule has 5 heteroatoms. The molecule has 0 atom stereocenters. The van der Waals surface area contributed by atoms with E-state index in [1.165, 1.54) is 6.07 Å². The van der Waals surface area contributed by atoms with E-state index < -0.39 is 4.92 Å². The number of halogens is 1. The zero-order valence-corrected chi connectivity index (χ0v) is 14.4. The molecule has 0 amide bonds. The summed E-state index contributed by atoms with van der Waals surface area (Å²) in [5.41, 5.74) is 4.24. The monoisotopic (exact) mass is 360 g/mol. The van der Waals surface area contributed by atoms with Gasteiger partial charge in [-0.2, -0.15) is 0 Å². The molecule has 0 aliphatic heterocycles. The second-order valence-electron chi connectivity index (χ2n) is 5.89. The van der Waals surface area contributed by atoms with Gasteiger partial charge in [-0.05, 0) is 35.4 Å². The minimum atomic E-state index is -0.400. The first-order valence-electron chi connectivity index (χ1n) is 8.02. The largest absolute Gasteiger partial charge is 0.270 e. The Kier molecular flexibility index (Phi) is 4.11. The van der Waals surface area contributed by atoms with Crippen molar-refractivity contribution in [1.82, 2.24) is 4.98 Å². The fourth-order valence-corrected chi connectivity index (χ4v) is 3.15. The molecule has 0 unspecified atom stereocenters. The van der Waals surface area contributed by atoms with Gasteiger partial charge >= 0.3 is 0 Å². The molecule has 0 N–H and O–H groups in total. The molecule has 3 aromatic carbocycles. The third-order valence-corrected chi connectivity index (χ3v) is 4.44. The predicted molar refractivity (Wildman–Crippen MR) is 104 cm³/mol. The van der Waals surface area contributed by atoms with Crippen LogP contribution in [0.1, 0.15) is 0 Å². The van der Waals surface area contributed by atoms with Gasteiger partial charge in [0.2, 0.25) is 0 Å². The molecular formula is C21H13ClN2O2. The Morgan fingerprint density at radius 2 is 1.62 bits per heavy atom. The normalized spacial score (nSPS) is 10.8. The van der Waals surface area contributed by atoms with Gasteiger partial charge < -0.3 is 0 Å². The Labute approximate surface area is 154 Å². The second-order valence-corrected chi connectivity index (χ2v) is 6.33. The zero-order chi connectivity index (χ0) is 18.1. The fraction of sp³-hybridized carbons (Fsp3) is 0. The summed E-state index contributed by atoms with van der Waals surface area (Å²) in [6.45, 7) is 0. The number of hydrogen-bond donors (Lipinski definition) is 0. The lowest BCUT2D eigenvalue weighted by molar-refractivity contribution is -0.384. The highest BCUT2D eigenvalue weighted by atomic mass is 35.5. The maximum atomic E-state index is 11.1. The summed E-state index contributed by atoms with van der Waals surface area (Å²) in [4.78, 5) is 15.4. The Bertz CT molecular complexity index is 1130. The van der Waals surface area contributed by atoms with E-state index in [1.807, 2.05) is 54.6 Å². The minimum absolute atomic E-state index is 0.0433. The second kappa shape index (κ2) is 6.58. The number of aromatic nitrogens is 1. The zero-order valence-electron chi connectivity index (χ0n) is 13.6. The molecule has 0 aliphatic carbocycles.